The molecule has 7 heteroatoms. The van der Waals surface area contributed by atoms with E-state index in [-0.39, 0.29) is 30.8 Å². The molecule has 1 aromatic heterocycles. The Balaban J connectivity index is 1.53. The minimum absolute atomic E-state index is 0.0859. The Morgan fingerprint density at radius 2 is 2.00 bits per heavy atom. The lowest BCUT2D eigenvalue weighted by Gasteiger charge is -2.16. The van der Waals surface area contributed by atoms with Gasteiger partial charge in [0, 0.05) is 0 Å². The molecule has 0 saturated carbocycles. The lowest BCUT2D eigenvalue weighted by Crippen LogP contribution is -2.35. The number of rotatable bonds is 4. The van der Waals surface area contributed by atoms with Gasteiger partial charge in [-0.3, -0.25) is 14.2 Å². The molecular formula is C20H19N3O4. The predicted molar refractivity (Wildman–Crippen MR) is 99.9 cm³/mol. The summed E-state index contributed by atoms with van der Waals surface area (Å²) in [6.07, 6.45) is 0. The van der Waals surface area contributed by atoms with Crippen molar-refractivity contribution in [3.05, 3.63) is 64.2 Å². The summed E-state index contributed by atoms with van der Waals surface area (Å²) in [7, 11) is 0. The average molecular weight is 365 g/mol. The Labute approximate surface area is 155 Å². The van der Waals surface area contributed by atoms with Crippen molar-refractivity contribution < 1.29 is 14.3 Å². The van der Waals surface area contributed by atoms with Crippen molar-refractivity contribution in [3.8, 4) is 11.5 Å². The van der Waals surface area contributed by atoms with Crippen molar-refractivity contribution in [1.82, 2.24) is 14.9 Å². The maximum absolute atomic E-state index is 12.7. The van der Waals surface area contributed by atoms with Crippen LogP contribution in [0.2, 0.25) is 0 Å². The fourth-order valence-corrected chi connectivity index (χ4v) is 3.16. The maximum atomic E-state index is 12.7. The second-order valence-electron chi connectivity index (χ2n) is 6.47. The molecule has 0 saturated heterocycles. The summed E-state index contributed by atoms with van der Waals surface area (Å²) in [6, 6.07) is 12.4. The first-order chi connectivity index (χ1) is 13.0. The summed E-state index contributed by atoms with van der Waals surface area (Å²) in [5.41, 5.74) is 1.31. The lowest BCUT2D eigenvalue weighted by atomic mass is 10.1. The molecule has 1 unspecified atom stereocenters. The Hall–Kier alpha value is -3.35. The van der Waals surface area contributed by atoms with Gasteiger partial charge in [0.2, 0.25) is 12.7 Å². The second-order valence-corrected chi connectivity index (χ2v) is 6.47. The molecule has 2 heterocycles. The van der Waals surface area contributed by atoms with Crippen LogP contribution in [0.5, 0.6) is 11.5 Å². The molecular weight excluding hydrogens is 346 g/mol. The number of hydrogen-bond acceptors (Lipinski definition) is 5. The highest BCUT2D eigenvalue weighted by atomic mass is 16.7. The Morgan fingerprint density at radius 1 is 1.22 bits per heavy atom. The maximum Gasteiger partial charge on any atom is 0.261 e. The number of benzene rings is 2. The van der Waals surface area contributed by atoms with E-state index in [9.17, 15) is 9.59 Å². The molecule has 0 aliphatic carbocycles. The quantitative estimate of drug-likeness (QED) is 0.767. The zero-order valence-electron chi connectivity index (χ0n) is 15.1. The molecule has 27 heavy (non-hydrogen) atoms. The van der Waals surface area contributed by atoms with Crippen LogP contribution in [-0.4, -0.2) is 22.3 Å². The van der Waals surface area contributed by atoms with Gasteiger partial charge in [0.25, 0.3) is 5.56 Å². The van der Waals surface area contributed by atoms with E-state index in [2.05, 4.69) is 10.3 Å². The summed E-state index contributed by atoms with van der Waals surface area (Å²) in [6.45, 7) is 3.72. The number of carbonyl (C=O) groups is 1. The molecule has 1 aliphatic rings. The van der Waals surface area contributed by atoms with E-state index in [0.717, 1.165) is 5.56 Å². The standard InChI is InChI=1S/C20H19N3O4/c1-12(14-7-8-17-18(9-14)27-11-26-17)21-19(24)10-23-13(2)22-16-6-4-3-5-15(16)20(23)25/h3-9,12H,10-11H2,1-2H3,(H,21,24). The van der Waals surface area contributed by atoms with E-state index in [1.165, 1.54) is 4.57 Å². The molecule has 3 aromatic rings. The lowest BCUT2D eigenvalue weighted by molar-refractivity contribution is -0.122. The fourth-order valence-electron chi connectivity index (χ4n) is 3.16. The zero-order valence-corrected chi connectivity index (χ0v) is 15.1. The number of carbonyl (C=O) groups excluding carboxylic acids is 1. The van der Waals surface area contributed by atoms with Gasteiger partial charge in [-0.25, -0.2) is 4.98 Å². The van der Waals surface area contributed by atoms with Crippen LogP contribution in [0.25, 0.3) is 10.9 Å². The first-order valence-electron chi connectivity index (χ1n) is 8.68. The highest BCUT2D eigenvalue weighted by Gasteiger charge is 2.18. The van der Waals surface area contributed by atoms with Crippen molar-refractivity contribution in [2.24, 2.45) is 0 Å². The van der Waals surface area contributed by atoms with Crippen LogP contribution in [0.1, 0.15) is 24.4 Å². The van der Waals surface area contributed by atoms with Gasteiger partial charge in [-0.15, -0.1) is 0 Å². The van der Waals surface area contributed by atoms with Crippen LogP contribution < -0.4 is 20.3 Å². The minimum atomic E-state index is -0.262. The number of aromatic nitrogens is 2. The Kier molecular flexibility index (Phi) is 4.27. The Bertz CT molecular complexity index is 1090. The van der Waals surface area contributed by atoms with E-state index in [0.29, 0.717) is 28.2 Å². The third-order valence-corrected chi connectivity index (χ3v) is 4.63. The number of fused-ring (bicyclic) bond motifs is 2. The molecule has 2 aromatic carbocycles. The number of ether oxygens (including phenoxy) is 2. The number of para-hydroxylation sites is 1. The summed E-state index contributed by atoms with van der Waals surface area (Å²) < 4.78 is 12.1. The molecule has 0 spiro atoms. The third kappa shape index (κ3) is 3.23. The van der Waals surface area contributed by atoms with Crippen LogP contribution >= 0.6 is 0 Å². The van der Waals surface area contributed by atoms with Crippen LogP contribution in [0.15, 0.2) is 47.3 Å². The zero-order chi connectivity index (χ0) is 19.0. The van der Waals surface area contributed by atoms with Crippen LogP contribution in [0.3, 0.4) is 0 Å². The topological polar surface area (TPSA) is 82.5 Å². The molecule has 1 aliphatic heterocycles. The van der Waals surface area contributed by atoms with E-state index >= 15 is 0 Å². The van der Waals surface area contributed by atoms with Gasteiger partial charge < -0.3 is 14.8 Å². The minimum Gasteiger partial charge on any atom is -0.454 e. The number of nitrogens with zero attached hydrogens (tertiary/aromatic N) is 2. The molecule has 138 valence electrons. The Morgan fingerprint density at radius 3 is 2.85 bits per heavy atom. The first-order valence-corrected chi connectivity index (χ1v) is 8.68. The molecule has 1 N–H and O–H groups in total. The highest BCUT2D eigenvalue weighted by Crippen LogP contribution is 2.34. The van der Waals surface area contributed by atoms with E-state index in [4.69, 9.17) is 9.47 Å². The van der Waals surface area contributed by atoms with Gasteiger partial charge in [-0.05, 0) is 43.7 Å². The summed E-state index contributed by atoms with van der Waals surface area (Å²) in [5, 5.41) is 3.42. The molecule has 0 radical (unpaired) electrons. The van der Waals surface area contributed by atoms with Crippen molar-refractivity contribution in [3.63, 3.8) is 0 Å². The highest BCUT2D eigenvalue weighted by molar-refractivity contribution is 5.79. The second kappa shape index (κ2) is 6.75. The van der Waals surface area contributed by atoms with Gasteiger partial charge in [-0.2, -0.15) is 0 Å². The van der Waals surface area contributed by atoms with Crippen molar-refractivity contribution in [1.29, 1.82) is 0 Å². The van der Waals surface area contributed by atoms with Crippen molar-refractivity contribution in [2.75, 3.05) is 6.79 Å². The fraction of sp³-hybridized carbons (Fsp3) is 0.250. The normalized spacial score (nSPS) is 13.6. The molecule has 1 atom stereocenters. The third-order valence-electron chi connectivity index (χ3n) is 4.63. The SMILES string of the molecule is Cc1nc2ccccc2c(=O)n1CC(=O)NC(C)c1ccc2c(c1)OCO2. The number of nitrogens with one attached hydrogen (secondary N) is 1. The van der Waals surface area contributed by atoms with E-state index in [1.807, 2.05) is 31.2 Å². The largest absolute Gasteiger partial charge is 0.454 e. The van der Waals surface area contributed by atoms with E-state index in [1.54, 1.807) is 25.1 Å². The first kappa shape index (κ1) is 17.1. The van der Waals surface area contributed by atoms with Gasteiger partial charge in [0.1, 0.15) is 12.4 Å². The summed E-state index contributed by atoms with van der Waals surface area (Å²) >= 11 is 0. The van der Waals surface area contributed by atoms with Gasteiger partial charge in [-0.1, -0.05) is 18.2 Å². The van der Waals surface area contributed by atoms with Crippen LogP contribution in [-0.2, 0) is 11.3 Å². The van der Waals surface area contributed by atoms with Crippen molar-refractivity contribution >= 4 is 16.8 Å². The summed E-state index contributed by atoms with van der Waals surface area (Å²) in [4.78, 5) is 29.6. The molecule has 4 rings (SSSR count). The van der Waals surface area contributed by atoms with Crippen LogP contribution in [0.4, 0.5) is 0 Å². The number of aryl methyl sites for hydroxylation is 1. The predicted octanol–water partition coefficient (Wildman–Crippen LogP) is 2.31. The monoisotopic (exact) mass is 365 g/mol. The molecule has 1 amide bonds. The smallest absolute Gasteiger partial charge is 0.261 e. The van der Waals surface area contributed by atoms with Gasteiger partial charge >= 0.3 is 0 Å². The average Bonchev–Trinajstić information content (AvgIpc) is 3.13. The van der Waals surface area contributed by atoms with Crippen molar-refractivity contribution in [2.45, 2.75) is 26.4 Å². The number of amides is 1. The molecule has 0 fully saturated rings. The van der Waals surface area contributed by atoms with Gasteiger partial charge in [0.05, 0.1) is 16.9 Å². The number of hydrogen-bond donors (Lipinski definition) is 1. The summed E-state index contributed by atoms with van der Waals surface area (Å²) in [5.74, 6) is 1.60. The molecule has 0 bridgehead atoms. The molecule has 7 nitrogen and oxygen atoms in total. The van der Waals surface area contributed by atoms with Gasteiger partial charge in [0.15, 0.2) is 11.5 Å². The van der Waals surface area contributed by atoms with E-state index < -0.39 is 0 Å². The van der Waals surface area contributed by atoms with Crippen LogP contribution in [0, 0.1) is 6.92 Å².